The summed E-state index contributed by atoms with van der Waals surface area (Å²) in [5.74, 6) is 1.26. The number of carbonyl (C=O) groups excluding carboxylic acids is 1. The molecule has 2 N–H and O–H groups in total. The third-order valence-corrected chi connectivity index (χ3v) is 4.43. The van der Waals surface area contributed by atoms with E-state index >= 15 is 0 Å². The molecule has 2 aliphatic rings. The molecule has 2 heterocycles. The summed E-state index contributed by atoms with van der Waals surface area (Å²) < 4.78 is 0. The van der Waals surface area contributed by atoms with Crippen LogP contribution in [0.2, 0.25) is 0 Å². The van der Waals surface area contributed by atoms with Gasteiger partial charge in [-0.25, -0.2) is 0 Å². The van der Waals surface area contributed by atoms with Crippen LogP contribution in [0.3, 0.4) is 0 Å². The number of nitrogens with two attached hydrogens (primary N) is 1. The molecule has 2 fully saturated rings. The molecule has 0 spiro atoms. The van der Waals surface area contributed by atoms with Gasteiger partial charge in [-0.1, -0.05) is 13.8 Å². The van der Waals surface area contributed by atoms with Crippen LogP contribution in [0.25, 0.3) is 0 Å². The highest BCUT2D eigenvalue weighted by atomic mass is 16.2. The van der Waals surface area contributed by atoms with Crippen molar-refractivity contribution in [3.05, 3.63) is 0 Å². The average Bonchev–Trinajstić information content (AvgIpc) is 2.85. The summed E-state index contributed by atoms with van der Waals surface area (Å²) >= 11 is 0. The summed E-state index contributed by atoms with van der Waals surface area (Å²) in [6, 6.07) is 0.292. The summed E-state index contributed by atoms with van der Waals surface area (Å²) in [5.41, 5.74) is 5.82. The molecule has 4 nitrogen and oxygen atoms in total. The topological polar surface area (TPSA) is 49.6 Å². The first kappa shape index (κ1) is 14.8. The second-order valence-electron chi connectivity index (χ2n) is 6.56. The number of nitrogens with zero attached hydrogens (tertiary/aromatic N) is 2. The Balaban J connectivity index is 1.89. The molecule has 0 aromatic carbocycles. The molecule has 0 aliphatic carbocycles. The molecule has 0 aromatic rings. The summed E-state index contributed by atoms with van der Waals surface area (Å²) in [4.78, 5) is 17.2. The van der Waals surface area contributed by atoms with Gasteiger partial charge in [0, 0.05) is 32.2 Å². The second-order valence-corrected chi connectivity index (χ2v) is 6.56. The lowest BCUT2D eigenvalue weighted by atomic mass is 9.98. The van der Waals surface area contributed by atoms with E-state index in [2.05, 4.69) is 23.6 Å². The van der Waals surface area contributed by atoms with Gasteiger partial charge in [0.2, 0.25) is 5.91 Å². The van der Waals surface area contributed by atoms with Crippen LogP contribution in [0.4, 0.5) is 0 Å². The monoisotopic (exact) mass is 267 g/mol. The number of amides is 1. The van der Waals surface area contributed by atoms with Gasteiger partial charge in [-0.2, -0.15) is 0 Å². The number of rotatable bonds is 4. The van der Waals surface area contributed by atoms with Crippen LogP contribution in [-0.4, -0.2) is 54.5 Å². The van der Waals surface area contributed by atoms with E-state index in [-0.39, 0.29) is 5.92 Å². The summed E-state index contributed by atoms with van der Waals surface area (Å²) in [5, 5.41) is 0. The van der Waals surface area contributed by atoms with Crippen molar-refractivity contribution >= 4 is 5.91 Å². The maximum atomic E-state index is 12.6. The normalized spacial score (nSPS) is 29.2. The first-order valence-corrected chi connectivity index (χ1v) is 7.84. The summed E-state index contributed by atoms with van der Waals surface area (Å²) in [6.45, 7) is 9.16. The molecule has 2 rings (SSSR count). The van der Waals surface area contributed by atoms with Crippen molar-refractivity contribution < 1.29 is 4.79 Å². The van der Waals surface area contributed by atoms with Crippen LogP contribution < -0.4 is 5.73 Å². The van der Waals surface area contributed by atoms with E-state index in [1.54, 1.807) is 0 Å². The SMILES string of the molecule is CC(C)CN1CCC(C(=O)N2CCCCC2CN)C1. The van der Waals surface area contributed by atoms with Gasteiger partial charge in [-0.15, -0.1) is 0 Å². The third-order valence-electron chi connectivity index (χ3n) is 4.43. The van der Waals surface area contributed by atoms with Crippen molar-refractivity contribution in [1.29, 1.82) is 0 Å². The number of likely N-dealkylation sites (tertiary alicyclic amines) is 2. The number of hydrogen-bond donors (Lipinski definition) is 1. The molecule has 110 valence electrons. The van der Waals surface area contributed by atoms with E-state index in [0.29, 0.717) is 24.4 Å². The van der Waals surface area contributed by atoms with Crippen molar-refractivity contribution in [2.24, 2.45) is 17.6 Å². The van der Waals surface area contributed by atoms with Gasteiger partial charge in [0.15, 0.2) is 0 Å². The molecule has 0 bridgehead atoms. The first-order valence-electron chi connectivity index (χ1n) is 7.84. The van der Waals surface area contributed by atoms with Crippen molar-refractivity contribution in [1.82, 2.24) is 9.80 Å². The Labute approximate surface area is 117 Å². The van der Waals surface area contributed by atoms with Gasteiger partial charge in [0.05, 0.1) is 5.92 Å². The Morgan fingerprint density at radius 1 is 1.26 bits per heavy atom. The van der Waals surface area contributed by atoms with Crippen LogP contribution in [-0.2, 0) is 4.79 Å². The molecule has 4 heteroatoms. The first-order chi connectivity index (χ1) is 9.11. The van der Waals surface area contributed by atoms with Gasteiger partial charge in [-0.05, 0) is 38.1 Å². The lowest BCUT2D eigenvalue weighted by molar-refractivity contribution is -0.138. The van der Waals surface area contributed by atoms with Crippen LogP contribution in [0.15, 0.2) is 0 Å². The molecule has 19 heavy (non-hydrogen) atoms. The van der Waals surface area contributed by atoms with Crippen molar-refractivity contribution in [2.45, 2.75) is 45.6 Å². The summed E-state index contributed by atoms with van der Waals surface area (Å²) in [7, 11) is 0. The number of carbonyl (C=O) groups is 1. The highest BCUT2D eigenvalue weighted by Crippen LogP contribution is 2.24. The fourth-order valence-corrected chi connectivity index (χ4v) is 3.49. The van der Waals surface area contributed by atoms with E-state index in [4.69, 9.17) is 5.73 Å². The Morgan fingerprint density at radius 2 is 2.05 bits per heavy atom. The molecule has 2 saturated heterocycles. The third kappa shape index (κ3) is 3.69. The fraction of sp³-hybridized carbons (Fsp3) is 0.933. The van der Waals surface area contributed by atoms with E-state index in [0.717, 1.165) is 45.4 Å². The lowest BCUT2D eigenvalue weighted by Crippen LogP contribution is -2.50. The lowest BCUT2D eigenvalue weighted by Gasteiger charge is -2.36. The number of piperidine rings is 1. The van der Waals surface area contributed by atoms with Gasteiger partial charge < -0.3 is 15.5 Å². The van der Waals surface area contributed by atoms with Gasteiger partial charge in [-0.3, -0.25) is 4.79 Å². The zero-order chi connectivity index (χ0) is 13.8. The van der Waals surface area contributed by atoms with Crippen molar-refractivity contribution in [3.63, 3.8) is 0 Å². The molecule has 2 aliphatic heterocycles. The van der Waals surface area contributed by atoms with Gasteiger partial charge in [0.1, 0.15) is 0 Å². The molecular formula is C15H29N3O. The summed E-state index contributed by atoms with van der Waals surface area (Å²) in [6.07, 6.45) is 4.48. The van der Waals surface area contributed by atoms with E-state index < -0.39 is 0 Å². The van der Waals surface area contributed by atoms with Crippen molar-refractivity contribution in [2.75, 3.05) is 32.7 Å². The van der Waals surface area contributed by atoms with Crippen LogP contribution in [0.5, 0.6) is 0 Å². The Hall–Kier alpha value is -0.610. The van der Waals surface area contributed by atoms with Crippen LogP contribution in [0.1, 0.15) is 39.5 Å². The minimum Gasteiger partial charge on any atom is -0.338 e. The molecule has 0 radical (unpaired) electrons. The Kier molecular flexibility index (Phi) is 5.22. The van der Waals surface area contributed by atoms with Crippen molar-refractivity contribution in [3.8, 4) is 0 Å². The number of hydrogen-bond acceptors (Lipinski definition) is 3. The van der Waals surface area contributed by atoms with E-state index in [9.17, 15) is 4.79 Å². The second kappa shape index (κ2) is 6.71. The highest BCUT2D eigenvalue weighted by molar-refractivity contribution is 5.79. The predicted molar refractivity (Wildman–Crippen MR) is 77.8 cm³/mol. The standard InChI is InChI=1S/C15H29N3O/c1-12(2)10-17-8-6-13(11-17)15(19)18-7-4-3-5-14(18)9-16/h12-14H,3-11,16H2,1-2H3. The fourth-order valence-electron chi connectivity index (χ4n) is 3.49. The molecule has 1 amide bonds. The average molecular weight is 267 g/mol. The Morgan fingerprint density at radius 3 is 2.74 bits per heavy atom. The zero-order valence-electron chi connectivity index (χ0n) is 12.5. The highest BCUT2D eigenvalue weighted by Gasteiger charge is 2.34. The van der Waals surface area contributed by atoms with Crippen LogP contribution >= 0.6 is 0 Å². The maximum Gasteiger partial charge on any atom is 0.227 e. The van der Waals surface area contributed by atoms with E-state index in [1.165, 1.54) is 6.42 Å². The molecular weight excluding hydrogens is 238 g/mol. The van der Waals surface area contributed by atoms with Crippen LogP contribution in [0, 0.1) is 11.8 Å². The molecule has 2 unspecified atom stereocenters. The smallest absolute Gasteiger partial charge is 0.227 e. The van der Waals surface area contributed by atoms with Gasteiger partial charge in [0.25, 0.3) is 0 Å². The van der Waals surface area contributed by atoms with E-state index in [1.807, 2.05) is 0 Å². The maximum absolute atomic E-state index is 12.6. The Bertz CT molecular complexity index is 306. The molecule has 0 aromatic heterocycles. The zero-order valence-corrected chi connectivity index (χ0v) is 12.5. The quantitative estimate of drug-likeness (QED) is 0.835. The van der Waals surface area contributed by atoms with Gasteiger partial charge >= 0.3 is 0 Å². The molecule has 2 atom stereocenters. The minimum atomic E-state index is 0.214. The predicted octanol–water partition coefficient (Wildman–Crippen LogP) is 1.30. The minimum absolute atomic E-state index is 0.214. The molecule has 0 saturated carbocycles. The largest absolute Gasteiger partial charge is 0.338 e.